The fourth-order valence-electron chi connectivity index (χ4n) is 3.17. The highest BCUT2D eigenvalue weighted by atomic mass is 16.5. The highest BCUT2D eigenvalue weighted by Crippen LogP contribution is 2.21. The summed E-state index contributed by atoms with van der Waals surface area (Å²) in [5.74, 6) is 0.670. The number of likely N-dealkylation sites (N-methyl/N-ethyl adjacent to an activating group) is 1. The molecule has 3 aromatic rings. The number of carbonyl (C=O) groups is 2. The van der Waals surface area contributed by atoms with E-state index in [4.69, 9.17) is 4.74 Å². The van der Waals surface area contributed by atoms with Crippen molar-refractivity contribution in [3.8, 4) is 11.5 Å². The van der Waals surface area contributed by atoms with Gasteiger partial charge >= 0.3 is 6.03 Å². The zero-order valence-corrected chi connectivity index (χ0v) is 17.1. The molecule has 1 aromatic heterocycles. The number of aromatic hydroxyl groups is 1. The molecule has 2 heterocycles. The van der Waals surface area contributed by atoms with Crippen LogP contribution in [0.1, 0.15) is 16.8 Å². The lowest BCUT2D eigenvalue weighted by Crippen LogP contribution is -2.25. The topological polar surface area (TPSA) is 109 Å². The van der Waals surface area contributed by atoms with Crippen molar-refractivity contribution >= 4 is 23.7 Å². The van der Waals surface area contributed by atoms with E-state index in [9.17, 15) is 14.7 Å². The van der Waals surface area contributed by atoms with Crippen LogP contribution in [0.15, 0.2) is 59.7 Å². The van der Waals surface area contributed by atoms with Gasteiger partial charge in [-0.25, -0.2) is 9.78 Å². The number of aliphatic imine (C=N–C) groups is 1. The van der Waals surface area contributed by atoms with Gasteiger partial charge in [-0.3, -0.25) is 15.0 Å². The molecular formula is C22H21N5O4. The second kappa shape index (κ2) is 8.31. The van der Waals surface area contributed by atoms with Crippen molar-refractivity contribution in [1.82, 2.24) is 19.8 Å². The lowest BCUT2D eigenvalue weighted by Gasteiger charge is -2.05. The summed E-state index contributed by atoms with van der Waals surface area (Å²) in [5, 5.41) is 12.0. The summed E-state index contributed by atoms with van der Waals surface area (Å²) in [4.78, 5) is 33.8. The molecule has 9 heteroatoms. The molecule has 1 aliphatic heterocycles. The van der Waals surface area contributed by atoms with Crippen LogP contribution in [0.25, 0.3) is 0 Å². The predicted octanol–water partition coefficient (Wildman–Crippen LogP) is 2.45. The van der Waals surface area contributed by atoms with Gasteiger partial charge in [0.25, 0.3) is 5.91 Å². The lowest BCUT2D eigenvalue weighted by molar-refractivity contribution is -0.119. The number of rotatable bonds is 6. The standard InChI is InChI=1S/C22H21N5O4/c1-26-20(29)19(25-22(26)30)24-21-23-16(11-14-5-9-18(31-2)10-6-14)13-27(21)12-15-3-7-17(28)8-4-15/h3-10,13,28H,11-12H2,1-2H3,(H,23,24,25,30). The maximum absolute atomic E-state index is 12.2. The Balaban J connectivity index is 1.66. The van der Waals surface area contributed by atoms with Crippen LogP contribution in [-0.4, -0.2) is 51.5 Å². The van der Waals surface area contributed by atoms with Crippen molar-refractivity contribution in [3.05, 3.63) is 71.5 Å². The SMILES string of the molecule is COc1ccc(Cc2cn(Cc3ccc(O)cc3)c(/N=C3/NC(=O)N(C)C3=O)n2)cc1. The maximum atomic E-state index is 12.2. The molecule has 0 aliphatic carbocycles. The van der Waals surface area contributed by atoms with Gasteiger partial charge in [-0.15, -0.1) is 0 Å². The molecule has 0 unspecified atom stereocenters. The molecule has 2 aromatic carbocycles. The Labute approximate surface area is 178 Å². The number of phenolic OH excluding ortho intramolecular Hbond substituents is 1. The first-order valence-electron chi connectivity index (χ1n) is 9.57. The minimum atomic E-state index is -0.529. The number of ether oxygens (including phenoxy) is 1. The van der Waals surface area contributed by atoms with E-state index in [0.29, 0.717) is 18.9 Å². The molecule has 31 heavy (non-hydrogen) atoms. The third-order valence-electron chi connectivity index (χ3n) is 4.89. The van der Waals surface area contributed by atoms with Crippen molar-refractivity contribution in [1.29, 1.82) is 0 Å². The van der Waals surface area contributed by atoms with Gasteiger partial charge in [0.1, 0.15) is 11.5 Å². The predicted molar refractivity (Wildman–Crippen MR) is 114 cm³/mol. The zero-order chi connectivity index (χ0) is 22.0. The van der Waals surface area contributed by atoms with Crippen LogP contribution in [0.2, 0.25) is 0 Å². The van der Waals surface area contributed by atoms with Gasteiger partial charge in [0, 0.05) is 19.7 Å². The van der Waals surface area contributed by atoms with E-state index in [2.05, 4.69) is 15.3 Å². The van der Waals surface area contributed by atoms with E-state index >= 15 is 0 Å². The molecule has 0 bridgehead atoms. The third kappa shape index (κ3) is 4.40. The van der Waals surface area contributed by atoms with Crippen LogP contribution in [0.4, 0.5) is 10.7 Å². The smallest absolute Gasteiger partial charge is 0.329 e. The highest BCUT2D eigenvalue weighted by Gasteiger charge is 2.32. The van der Waals surface area contributed by atoms with Crippen molar-refractivity contribution < 1.29 is 19.4 Å². The quantitative estimate of drug-likeness (QED) is 0.597. The Morgan fingerprint density at radius 3 is 2.35 bits per heavy atom. The van der Waals surface area contributed by atoms with Crippen molar-refractivity contribution in [2.75, 3.05) is 14.2 Å². The molecule has 0 saturated carbocycles. The zero-order valence-electron chi connectivity index (χ0n) is 17.1. The fourth-order valence-corrected chi connectivity index (χ4v) is 3.17. The molecule has 1 fully saturated rings. The first-order chi connectivity index (χ1) is 14.9. The van der Waals surface area contributed by atoms with Crippen LogP contribution >= 0.6 is 0 Å². The van der Waals surface area contributed by atoms with Crippen LogP contribution in [-0.2, 0) is 17.8 Å². The number of nitrogens with zero attached hydrogens (tertiary/aromatic N) is 4. The maximum Gasteiger partial charge on any atom is 0.329 e. The van der Waals surface area contributed by atoms with Crippen molar-refractivity contribution in [2.24, 2.45) is 4.99 Å². The number of urea groups is 1. The summed E-state index contributed by atoms with van der Waals surface area (Å²) in [5.41, 5.74) is 2.72. The molecule has 0 spiro atoms. The summed E-state index contributed by atoms with van der Waals surface area (Å²) in [7, 11) is 3.00. The Hall–Kier alpha value is -4.14. The number of amidine groups is 1. The van der Waals surface area contributed by atoms with Gasteiger partial charge in [0.05, 0.1) is 19.3 Å². The molecular weight excluding hydrogens is 398 g/mol. The average Bonchev–Trinajstić information content (AvgIpc) is 3.25. The molecule has 9 nitrogen and oxygen atoms in total. The normalized spacial score (nSPS) is 14.9. The summed E-state index contributed by atoms with van der Waals surface area (Å²) < 4.78 is 7.00. The largest absolute Gasteiger partial charge is 0.508 e. The Kier molecular flexibility index (Phi) is 5.40. The fraction of sp³-hybridized carbons (Fsp3) is 0.182. The molecule has 0 atom stereocenters. The van der Waals surface area contributed by atoms with E-state index in [1.54, 1.807) is 35.9 Å². The number of benzene rings is 2. The number of amides is 3. The van der Waals surface area contributed by atoms with Gasteiger partial charge in [0.15, 0.2) is 0 Å². The molecule has 2 N–H and O–H groups in total. The van der Waals surface area contributed by atoms with Gasteiger partial charge in [-0.1, -0.05) is 24.3 Å². The van der Waals surface area contributed by atoms with Gasteiger partial charge < -0.3 is 14.4 Å². The number of nitrogens with one attached hydrogen (secondary N) is 1. The monoisotopic (exact) mass is 419 g/mol. The summed E-state index contributed by atoms with van der Waals surface area (Å²) in [6.45, 7) is 0.431. The highest BCUT2D eigenvalue weighted by molar-refractivity contribution is 6.47. The summed E-state index contributed by atoms with van der Waals surface area (Å²) in [6.07, 6.45) is 2.42. The first-order valence-corrected chi connectivity index (χ1v) is 9.57. The van der Waals surface area contributed by atoms with Crippen LogP contribution in [0.3, 0.4) is 0 Å². The molecule has 158 valence electrons. The molecule has 0 radical (unpaired) electrons. The van der Waals surface area contributed by atoms with E-state index in [1.807, 2.05) is 30.5 Å². The summed E-state index contributed by atoms with van der Waals surface area (Å²) >= 11 is 0. The van der Waals surface area contributed by atoms with E-state index < -0.39 is 11.9 Å². The lowest BCUT2D eigenvalue weighted by atomic mass is 10.1. The van der Waals surface area contributed by atoms with Crippen LogP contribution in [0, 0.1) is 0 Å². The van der Waals surface area contributed by atoms with Crippen LogP contribution in [0.5, 0.6) is 11.5 Å². The number of imide groups is 1. The number of hydrogen-bond acceptors (Lipinski definition) is 6. The van der Waals surface area contributed by atoms with Gasteiger partial charge in [0.2, 0.25) is 11.8 Å². The van der Waals surface area contributed by atoms with E-state index in [-0.39, 0.29) is 11.6 Å². The molecule has 3 amide bonds. The minimum Gasteiger partial charge on any atom is -0.508 e. The number of methoxy groups -OCH3 is 1. The number of hydrogen-bond donors (Lipinski definition) is 2. The average molecular weight is 419 g/mol. The molecule has 4 rings (SSSR count). The number of carbonyl (C=O) groups excluding carboxylic acids is 2. The minimum absolute atomic E-state index is 0.0685. The Morgan fingerprint density at radius 2 is 1.74 bits per heavy atom. The molecule has 1 aliphatic rings. The second-order valence-corrected chi connectivity index (χ2v) is 7.11. The first kappa shape index (κ1) is 20.1. The van der Waals surface area contributed by atoms with E-state index in [1.165, 1.54) is 7.05 Å². The van der Waals surface area contributed by atoms with Crippen molar-refractivity contribution in [2.45, 2.75) is 13.0 Å². The number of phenols is 1. The Bertz CT molecular complexity index is 1150. The van der Waals surface area contributed by atoms with E-state index in [0.717, 1.165) is 27.5 Å². The molecule has 1 saturated heterocycles. The second-order valence-electron chi connectivity index (χ2n) is 7.11. The van der Waals surface area contributed by atoms with Gasteiger partial charge in [-0.2, -0.15) is 4.99 Å². The van der Waals surface area contributed by atoms with Crippen LogP contribution < -0.4 is 10.1 Å². The number of imidazole rings is 1. The summed E-state index contributed by atoms with van der Waals surface area (Å²) in [6, 6.07) is 13.9. The van der Waals surface area contributed by atoms with Crippen molar-refractivity contribution in [3.63, 3.8) is 0 Å². The Morgan fingerprint density at radius 1 is 1.06 bits per heavy atom. The third-order valence-corrected chi connectivity index (χ3v) is 4.89. The van der Waals surface area contributed by atoms with Gasteiger partial charge in [-0.05, 0) is 35.4 Å². The number of aromatic nitrogens is 2.